The average Bonchev–Trinajstić information content (AvgIpc) is 3.23. The fourth-order valence-electron chi connectivity index (χ4n) is 5.88. The molecule has 1 aromatic rings. The number of aromatic nitrogens is 1. The molecule has 1 N–H and O–H groups in total. The summed E-state index contributed by atoms with van der Waals surface area (Å²) in [6.07, 6.45) is 18.3. The van der Waals surface area contributed by atoms with Gasteiger partial charge in [-0.1, -0.05) is 51.4 Å². The fourth-order valence-corrected chi connectivity index (χ4v) is 5.88. The zero-order valence-electron chi connectivity index (χ0n) is 18.4. The highest BCUT2D eigenvalue weighted by Crippen LogP contribution is 2.44. The van der Waals surface area contributed by atoms with Gasteiger partial charge in [-0.25, -0.2) is 4.98 Å². The average molecular weight is 418 g/mol. The third-order valence-corrected chi connectivity index (χ3v) is 7.55. The van der Waals surface area contributed by atoms with E-state index in [2.05, 4.69) is 0 Å². The van der Waals surface area contributed by atoms with E-state index >= 15 is 0 Å². The summed E-state index contributed by atoms with van der Waals surface area (Å²) in [6, 6.07) is 0. The Morgan fingerprint density at radius 1 is 0.900 bits per heavy atom. The smallest absolute Gasteiger partial charge is 0.303 e. The summed E-state index contributed by atoms with van der Waals surface area (Å²) < 4.78 is 12.8. The molecule has 1 aromatic heterocycles. The second-order valence-electron chi connectivity index (χ2n) is 9.77. The molecular weight excluding hydrogens is 378 g/mol. The van der Waals surface area contributed by atoms with Crippen LogP contribution < -0.4 is 0 Å². The van der Waals surface area contributed by atoms with Crippen LogP contribution in [0, 0.1) is 0 Å². The third-order valence-electron chi connectivity index (χ3n) is 7.55. The van der Waals surface area contributed by atoms with Crippen LogP contribution in [-0.2, 0) is 9.53 Å². The maximum atomic E-state index is 10.8. The summed E-state index contributed by atoms with van der Waals surface area (Å²) in [7, 11) is 0. The van der Waals surface area contributed by atoms with E-state index in [1.807, 2.05) is 0 Å². The predicted octanol–water partition coefficient (Wildman–Crippen LogP) is 6.68. The van der Waals surface area contributed by atoms with Crippen molar-refractivity contribution in [1.29, 1.82) is 0 Å². The Bertz CT molecular complexity index is 637. The van der Waals surface area contributed by atoms with Gasteiger partial charge < -0.3 is 14.3 Å². The highest BCUT2D eigenvalue weighted by atomic mass is 16.5. The van der Waals surface area contributed by atoms with Crippen LogP contribution in [0.2, 0.25) is 0 Å². The van der Waals surface area contributed by atoms with Crippen molar-refractivity contribution in [2.24, 2.45) is 0 Å². The zero-order chi connectivity index (χ0) is 20.8. The van der Waals surface area contributed by atoms with E-state index in [-0.39, 0.29) is 18.4 Å². The molecule has 1 heterocycles. The number of aliphatic carboxylic acids is 1. The summed E-state index contributed by atoms with van der Waals surface area (Å²) in [4.78, 5) is 16.0. The lowest BCUT2D eigenvalue weighted by Gasteiger charge is -2.29. The number of hydrogen-bond donors (Lipinski definition) is 1. The molecule has 168 valence electrons. The molecule has 0 spiro atoms. The molecule has 4 rings (SSSR count). The Labute approximate surface area is 181 Å². The number of carboxylic acids is 1. The van der Waals surface area contributed by atoms with Crippen molar-refractivity contribution >= 4 is 5.97 Å². The van der Waals surface area contributed by atoms with Gasteiger partial charge in [0, 0.05) is 24.9 Å². The minimum absolute atomic E-state index is 0.115. The molecule has 3 saturated carbocycles. The molecule has 2 atom stereocenters. The minimum Gasteiger partial charge on any atom is -0.481 e. The van der Waals surface area contributed by atoms with Crippen LogP contribution in [0.4, 0.5) is 0 Å². The van der Waals surface area contributed by atoms with Gasteiger partial charge in [0.05, 0.1) is 17.7 Å². The Morgan fingerprint density at radius 3 is 2.23 bits per heavy atom. The largest absolute Gasteiger partial charge is 0.481 e. The van der Waals surface area contributed by atoms with E-state index in [1.54, 1.807) is 0 Å². The maximum absolute atomic E-state index is 10.8. The van der Waals surface area contributed by atoms with Crippen molar-refractivity contribution in [3.63, 3.8) is 0 Å². The Hall–Kier alpha value is -1.36. The lowest BCUT2D eigenvalue weighted by atomic mass is 9.81. The third kappa shape index (κ3) is 5.46. The van der Waals surface area contributed by atoms with Gasteiger partial charge in [-0.3, -0.25) is 4.79 Å². The Balaban J connectivity index is 1.52. The molecular formula is C25H39NO4. The van der Waals surface area contributed by atoms with E-state index in [0.717, 1.165) is 18.7 Å². The summed E-state index contributed by atoms with van der Waals surface area (Å²) in [5.74, 6) is 2.73. The summed E-state index contributed by atoms with van der Waals surface area (Å²) in [5.41, 5.74) is 1.28. The summed E-state index contributed by atoms with van der Waals surface area (Å²) in [5, 5.41) is 8.88. The first-order valence-corrected chi connectivity index (χ1v) is 12.6. The second-order valence-corrected chi connectivity index (χ2v) is 9.77. The van der Waals surface area contributed by atoms with Crippen molar-refractivity contribution in [2.75, 3.05) is 6.61 Å². The molecule has 0 amide bonds. The lowest BCUT2D eigenvalue weighted by molar-refractivity contribution is -0.137. The van der Waals surface area contributed by atoms with Crippen LogP contribution in [0.25, 0.3) is 0 Å². The van der Waals surface area contributed by atoms with Gasteiger partial charge in [0.2, 0.25) is 0 Å². The van der Waals surface area contributed by atoms with E-state index < -0.39 is 5.97 Å². The topological polar surface area (TPSA) is 72.6 Å². The Kier molecular flexibility index (Phi) is 7.86. The molecule has 0 radical (unpaired) electrons. The van der Waals surface area contributed by atoms with Gasteiger partial charge >= 0.3 is 5.97 Å². The van der Waals surface area contributed by atoms with Gasteiger partial charge in [-0.15, -0.1) is 0 Å². The van der Waals surface area contributed by atoms with Crippen molar-refractivity contribution in [3.05, 3.63) is 17.3 Å². The van der Waals surface area contributed by atoms with Gasteiger partial charge in [-0.05, 0) is 44.9 Å². The molecule has 30 heavy (non-hydrogen) atoms. The SMILES string of the molecule is O=C(O)CCCOC1CCCCC1c1nc(C2CCCCC2)c(C2CCCCC2)o1. The van der Waals surface area contributed by atoms with Crippen LogP contribution in [-0.4, -0.2) is 28.8 Å². The quantitative estimate of drug-likeness (QED) is 0.478. The van der Waals surface area contributed by atoms with Crippen molar-refractivity contribution in [3.8, 4) is 0 Å². The maximum Gasteiger partial charge on any atom is 0.303 e. The highest BCUT2D eigenvalue weighted by molar-refractivity contribution is 5.66. The number of carboxylic acid groups (broad SMARTS) is 1. The molecule has 0 aromatic carbocycles. The molecule has 3 aliphatic rings. The van der Waals surface area contributed by atoms with Crippen molar-refractivity contribution in [1.82, 2.24) is 4.98 Å². The van der Waals surface area contributed by atoms with Crippen LogP contribution in [0.1, 0.15) is 138 Å². The normalized spacial score (nSPS) is 26.7. The first-order chi connectivity index (χ1) is 14.7. The number of nitrogens with zero attached hydrogens (tertiary/aromatic N) is 1. The van der Waals surface area contributed by atoms with E-state index in [1.165, 1.54) is 88.5 Å². The van der Waals surface area contributed by atoms with Gasteiger partial charge in [-0.2, -0.15) is 0 Å². The molecule has 3 fully saturated rings. The molecule has 0 aliphatic heterocycles. The predicted molar refractivity (Wildman–Crippen MR) is 116 cm³/mol. The zero-order valence-corrected chi connectivity index (χ0v) is 18.4. The number of ether oxygens (including phenoxy) is 1. The van der Waals surface area contributed by atoms with Crippen LogP contribution >= 0.6 is 0 Å². The molecule has 0 saturated heterocycles. The van der Waals surface area contributed by atoms with Gasteiger partial charge in [0.1, 0.15) is 5.76 Å². The Morgan fingerprint density at radius 2 is 1.53 bits per heavy atom. The number of oxazole rings is 1. The molecule has 2 unspecified atom stereocenters. The first-order valence-electron chi connectivity index (χ1n) is 12.6. The van der Waals surface area contributed by atoms with Crippen LogP contribution in [0.5, 0.6) is 0 Å². The molecule has 5 nitrogen and oxygen atoms in total. The van der Waals surface area contributed by atoms with Gasteiger partial charge in [0.15, 0.2) is 5.89 Å². The first kappa shape index (κ1) is 21.9. The van der Waals surface area contributed by atoms with E-state index in [0.29, 0.717) is 24.9 Å². The lowest BCUT2D eigenvalue weighted by Crippen LogP contribution is -2.27. The molecule has 0 bridgehead atoms. The molecule has 5 heteroatoms. The van der Waals surface area contributed by atoms with E-state index in [9.17, 15) is 4.79 Å². The molecule has 3 aliphatic carbocycles. The highest BCUT2D eigenvalue weighted by Gasteiger charge is 2.35. The fraction of sp³-hybridized carbons (Fsp3) is 0.840. The van der Waals surface area contributed by atoms with Crippen molar-refractivity contribution < 1.29 is 19.1 Å². The van der Waals surface area contributed by atoms with E-state index in [4.69, 9.17) is 19.2 Å². The standard InChI is InChI=1S/C25H39NO4/c27-22(28)16-9-17-29-21-15-8-7-14-20(21)25-26-23(18-10-3-1-4-11-18)24(30-25)19-12-5-2-6-13-19/h18-21H,1-17H2,(H,27,28). The minimum atomic E-state index is -0.749. The number of hydrogen-bond acceptors (Lipinski definition) is 4. The summed E-state index contributed by atoms with van der Waals surface area (Å²) >= 11 is 0. The number of carbonyl (C=O) groups is 1. The number of rotatable bonds is 8. The second kappa shape index (κ2) is 10.8. The van der Waals surface area contributed by atoms with Crippen LogP contribution in [0.15, 0.2) is 4.42 Å². The monoisotopic (exact) mass is 417 g/mol. The van der Waals surface area contributed by atoms with Gasteiger partial charge in [0.25, 0.3) is 0 Å². The summed E-state index contributed by atoms with van der Waals surface area (Å²) in [6.45, 7) is 0.513. The van der Waals surface area contributed by atoms with Crippen molar-refractivity contribution in [2.45, 2.75) is 127 Å². The van der Waals surface area contributed by atoms with Crippen LogP contribution in [0.3, 0.4) is 0 Å².